The molecule has 43 heavy (non-hydrogen) atoms. The Labute approximate surface area is 250 Å². The average Bonchev–Trinajstić information content (AvgIpc) is 3.40. The standard InChI is InChI=1S/C35H34N4O4/c1-2-43-29-20-21-31-30(23-29)32(36-33(40)25-13-12-22-38(24-25)34(41)42)37-39(31)35(26-14-6-3-7-15-26,27-16-8-4-9-17-27)28-18-10-5-11-19-28/h3-11,14-21,23,25H,2,12-13,22,24H2,1H3,(H,41,42)(H,36,37,40)/t25-/m1/s1. The van der Waals surface area contributed by atoms with Gasteiger partial charge >= 0.3 is 6.09 Å². The molecule has 0 radical (unpaired) electrons. The van der Waals surface area contributed by atoms with Crippen molar-refractivity contribution >= 4 is 28.7 Å². The number of likely N-dealkylation sites (tertiary alicyclic amines) is 1. The van der Waals surface area contributed by atoms with Crippen molar-refractivity contribution in [2.75, 3.05) is 25.0 Å². The molecule has 1 saturated heterocycles. The van der Waals surface area contributed by atoms with Gasteiger partial charge in [0.25, 0.3) is 0 Å². The molecule has 1 fully saturated rings. The highest BCUT2D eigenvalue weighted by Gasteiger charge is 2.41. The second kappa shape index (κ2) is 12.0. The Morgan fingerprint density at radius 3 is 2.02 bits per heavy atom. The van der Waals surface area contributed by atoms with Crippen molar-refractivity contribution in [1.82, 2.24) is 14.7 Å². The van der Waals surface area contributed by atoms with Gasteiger partial charge in [-0.15, -0.1) is 0 Å². The number of nitrogens with zero attached hydrogens (tertiary/aromatic N) is 3. The lowest BCUT2D eigenvalue weighted by atomic mass is 9.77. The van der Waals surface area contributed by atoms with Gasteiger partial charge in [-0.2, -0.15) is 5.10 Å². The number of carboxylic acid groups (broad SMARTS) is 1. The number of rotatable bonds is 8. The third-order valence-corrected chi connectivity index (χ3v) is 8.16. The van der Waals surface area contributed by atoms with Gasteiger partial charge in [-0.3, -0.25) is 4.79 Å². The van der Waals surface area contributed by atoms with Crippen LogP contribution in [0.15, 0.2) is 109 Å². The molecule has 0 unspecified atom stereocenters. The molecule has 0 bridgehead atoms. The van der Waals surface area contributed by atoms with Crippen LogP contribution >= 0.6 is 0 Å². The monoisotopic (exact) mass is 574 g/mol. The van der Waals surface area contributed by atoms with Gasteiger partial charge in [0.05, 0.1) is 18.0 Å². The quantitative estimate of drug-likeness (QED) is 0.204. The van der Waals surface area contributed by atoms with E-state index in [9.17, 15) is 14.7 Å². The number of nitrogens with one attached hydrogen (secondary N) is 1. The highest BCUT2D eigenvalue weighted by molar-refractivity contribution is 6.01. The molecule has 218 valence electrons. The van der Waals surface area contributed by atoms with Gasteiger partial charge in [0, 0.05) is 18.5 Å². The molecule has 2 N–H and O–H groups in total. The van der Waals surface area contributed by atoms with Crippen LogP contribution in [0.3, 0.4) is 0 Å². The van der Waals surface area contributed by atoms with Crippen molar-refractivity contribution in [2.24, 2.45) is 5.92 Å². The maximum Gasteiger partial charge on any atom is 0.407 e. The Morgan fingerprint density at radius 2 is 1.49 bits per heavy atom. The molecule has 1 aliphatic heterocycles. The lowest BCUT2D eigenvalue weighted by Gasteiger charge is -2.37. The molecule has 0 spiro atoms. The molecule has 2 heterocycles. The molecule has 5 aromatic rings. The molecule has 1 atom stereocenters. The van der Waals surface area contributed by atoms with Gasteiger partial charge in [-0.25, -0.2) is 9.48 Å². The van der Waals surface area contributed by atoms with Crippen molar-refractivity contribution in [1.29, 1.82) is 0 Å². The fourth-order valence-corrected chi connectivity index (χ4v) is 6.19. The summed E-state index contributed by atoms with van der Waals surface area (Å²) in [5.41, 5.74) is 2.95. The number of anilines is 1. The molecule has 1 aromatic heterocycles. The van der Waals surface area contributed by atoms with E-state index in [1.165, 1.54) is 4.90 Å². The van der Waals surface area contributed by atoms with Gasteiger partial charge in [0.15, 0.2) is 5.82 Å². The maximum absolute atomic E-state index is 13.6. The van der Waals surface area contributed by atoms with Crippen LogP contribution in [0.1, 0.15) is 36.5 Å². The van der Waals surface area contributed by atoms with Crippen LogP contribution in [-0.2, 0) is 10.3 Å². The number of carbonyl (C=O) groups excluding carboxylic acids is 1. The summed E-state index contributed by atoms with van der Waals surface area (Å²) in [5, 5.41) is 18.5. The molecule has 0 saturated carbocycles. The van der Waals surface area contributed by atoms with E-state index in [-0.39, 0.29) is 12.5 Å². The summed E-state index contributed by atoms with van der Waals surface area (Å²) in [6.45, 7) is 3.02. The summed E-state index contributed by atoms with van der Waals surface area (Å²) in [5.74, 6) is 0.358. The van der Waals surface area contributed by atoms with E-state index in [2.05, 4.69) is 41.7 Å². The molecule has 4 aromatic carbocycles. The van der Waals surface area contributed by atoms with Crippen molar-refractivity contribution in [2.45, 2.75) is 25.3 Å². The van der Waals surface area contributed by atoms with Gasteiger partial charge < -0.3 is 20.1 Å². The Bertz CT molecular complexity index is 1620. The molecule has 8 heteroatoms. The molecule has 2 amide bonds. The lowest BCUT2D eigenvalue weighted by molar-refractivity contribution is -0.121. The summed E-state index contributed by atoms with van der Waals surface area (Å²) in [7, 11) is 0. The summed E-state index contributed by atoms with van der Waals surface area (Å²) in [6, 6.07) is 36.5. The minimum atomic E-state index is -1.01. The number of ether oxygens (including phenoxy) is 1. The number of benzene rings is 4. The normalized spacial score (nSPS) is 15.3. The SMILES string of the molecule is CCOc1ccc2c(c1)c(NC(=O)[C@@H]1CCCN(C(=O)O)C1)nn2C(c1ccccc1)(c1ccccc1)c1ccccc1. The molecule has 8 nitrogen and oxygen atoms in total. The van der Waals surface area contributed by atoms with E-state index in [1.54, 1.807) is 0 Å². The molecule has 6 rings (SSSR count). The zero-order valence-corrected chi connectivity index (χ0v) is 24.0. The molecule has 1 aliphatic rings. The number of fused-ring (bicyclic) bond motifs is 1. The van der Waals surface area contributed by atoms with Crippen molar-refractivity contribution in [3.63, 3.8) is 0 Å². The zero-order chi connectivity index (χ0) is 29.8. The molecular weight excluding hydrogens is 540 g/mol. The highest BCUT2D eigenvalue weighted by Crippen LogP contribution is 2.44. The van der Waals surface area contributed by atoms with Crippen LogP contribution in [0, 0.1) is 5.92 Å². The first-order chi connectivity index (χ1) is 21.0. The first-order valence-electron chi connectivity index (χ1n) is 14.6. The average molecular weight is 575 g/mol. The maximum atomic E-state index is 13.6. The number of amides is 2. The van der Waals surface area contributed by atoms with E-state index < -0.39 is 17.6 Å². The number of aromatic nitrogens is 2. The largest absolute Gasteiger partial charge is 0.494 e. The van der Waals surface area contributed by atoms with Crippen LogP contribution in [0.25, 0.3) is 10.9 Å². The second-order valence-electron chi connectivity index (χ2n) is 10.7. The Hall–Kier alpha value is -5.11. The summed E-state index contributed by atoms with van der Waals surface area (Å²) >= 11 is 0. The van der Waals surface area contributed by atoms with Crippen LogP contribution in [0.4, 0.5) is 10.6 Å². The number of carbonyl (C=O) groups is 2. The summed E-state index contributed by atoms with van der Waals surface area (Å²) < 4.78 is 7.86. The number of hydrogen-bond acceptors (Lipinski definition) is 4. The van der Waals surface area contributed by atoms with Crippen LogP contribution in [0.2, 0.25) is 0 Å². The minimum Gasteiger partial charge on any atom is -0.494 e. The predicted molar refractivity (Wildman–Crippen MR) is 166 cm³/mol. The van der Waals surface area contributed by atoms with Gasteiger partial charge in [0.2, 0.25) is 5.91 Å². The van der Waals surface area contributed by atoms with Gasteiger partial charge in [-0.1, -0.05) is 91.0 Å². The molecule has 0 aliphatic carbocycles. The smallest absolute Gasteiger partial charge is 0.407 e. The first kappa shape index (κ1) is 28.0. The fraction of sp³-hybridized carbons (Fsp3) is 0.229. The Morgan fingerprint density at radius 1 is 0.907 bits per heavy atom. The van der Waals surface area contributed by atoms with Gasteiger partial charge in [0.1, 0.15) is 11.3 Å². The lowest BCUT2D eigenvalue weighted by Crippen LogP contribution is -2.43. The highest BCUT2D eigenvalue weighted by atomic mass is 16.5. The van der Waals surface area contributed by atoms with E-state index >= 15 is 0 Å². The van der Waals surface area contributed by atoms with Crippen LogP contribution < -0.4 is 10.1 Å². The Balaban J connectivity index is 1.58. The third-order valence-electron chi connectivity index (χ3n) is 8.16. The van der Waals surface area contributed by atoms with E-state index in [1.807, 2.05) is 84.4 Å². The van der Waals surface area contributed by atoms with Crippen molar-refractivity contribution < 1.29 is 19.4 Å². The van der Waals surface area contributed by atoms with Crippen molar-refractivity contribution in [3.8, 4) is 5.75 Å². The van der Waals surface area contributed by atoms with Crippen LogP contribution in [-0.4, -0.2) is 51.5 Å². The third kappa shape index (κ3) is 5.20. The Kier molecular flexibility index (Phi) is 7.83. The number of hydrogen-bond donors (Lipinski definition) is 2. The van der Waals surface area contributed by atoms with Crippen molar-refractivity contribution in [3.05, 3.63) is 126 Å². The summed E-state index contributed by atoms with van der Waals surface area (Å²) in [4.78, 5) is 26.6. The van der Waals surface area contributed by atoms with E-state index in [0.29, 0.717) is 37.6 Å². The fourth-order valence-electron chi connectivity index (χ4n) is 6.19. The van der Waals surface area contributed by atoms with E-state index in [0.717, 1.165) is 27.6 Å². The first-order valence-corrected chi connectivity index (χ1v) is 14.6. The van der Waals surface area contributed by atoms with Crippen LogP contribution in [0.5, 0.6) is 5.75 Å². The van der Waals surface area contributed by atoms with Gasteiger partial charge in [-0.05, 0) is 54.7 Å². The second-order valence-corrected chi connectivity index (χ2v) is 10.7. The zero-order valence-electron chi connectivity index (χ0n) is 24.0. The van der Waals surface area contributed by atoms with E-state index in [4.69, 9.17) is 9.84 Å². The minimum absolute atomic E-state index is 0.159. The summed E-state index contributed by atoms with van der Waals surface area (Å²) in [6.07, 6.45) is 0.236. The predicted octanol–water partition coefficient (Wildman–Crippen LogP) is 6.60. The molecular formula is C35H34N4O4. The topological polar surface area (TPSA) is 96.7 Å². The number of piperidine rings is 1.